The molecule has 0 spiro atoms. The van der Waals surface area contributed by atoms with Crippen LogP contribution in [0.4, 0.5) is 13.2 Å². The highest BCUT2D eigenvalue weighted by molar-refractivity contribution is 5.78. The van der Waals surface area contributed by atoms with E-state index in [0.717, 1.165) is 18.6 Å². The van der Waals surface area contributed by atoms with Crippen molar-refractivity contribution in [3.8, 4) is 0 Å². The smallest absolute Gasteiger partial charge is 0.392 e. The van der Waals surface area contributed by atoms with Crippen LogP contribution in [0.1, 0.15) is 36.9 Å². The highest BCUT2D eigenvalue weighted by Crippen LogP contribution is 2.35. The topological polar surface area (TPSA) is 52.6 Å². The van der Waals surface area contributed by atoms with Gasteiger partial charge < -0.3 is 10.4 Å². The average molecular weight is 330 g/mol. The highest BCUT2D eigenvalue weighted by atomic mass is 19.4. The molecule has 1 amide bonds. The first-order valence-electron chi connectivity index (χ1n) is 7.67. The fourth-order valence-corrected chi connectivity index (χ4v) is 2.83. The molecular weight excluding hydrogens is 309 g/mol. The van der Waals surface area contributed by atoms with E-state index >= 15 is 0 Å². The lowest BCUT2D eigenvalue weighted by atomic mass is 10.0. The van der Waals surface area contributed by atoms with Crippen molar-refractivity contribution in [1.29, 1.82) is 0 Å². The van der Waals surface area contributed by atoms with Crippen molar-refractivity contribution in [2.75, 3.05) is 19.6 Å². The van der Waals surface area contributed by atoms with Crippen LogP contribution in [-0.2, 0) is 11.0 Å². The van der Waals surface area contributed by atoms with Gasteiger partial charge in [-0.1, -0.05) is 19.1 Å². The van der Waals surface area contributed by atoms with Gasteiger partial charge in [-0.2, -0.15) is 13.2 Å². The standard InChI is InChI=1S/C16H21F3N2O2/c1-2-6-20-15(23)10-21-9-13(22)8-14(21)11-4-3-5-12(7-11)16(17,18)19/h3-5,7,13-14,22H,2,6,8-10H2,1H3,(H,20,23)/t13-,14+/m0/s1. The molecule has 2 atom stereocenters. The average Bonchev–Trinajstić information content (AvgIpc) is 2.85. The van der Waals surface area contributed by atoms with Gasteiger partial charge in [0.2, 0.25) is 5.91 Å². The van der Waals surface area contributed by atoms with Crippen molar-refractivity contribution in [3.63, 3.8) is 0 Å². The minimum absolute atomic E-state index is 0.0674. The van der Waals surface area contributed by atoms with E-state index in [1.165, 1.54) is 6.07 Å². The molecule has 23 heavy (non-hydrogen) atoms. The van der Waals surface area contributed by atoms with Crippen LogP contribution < -0.4 is 5.32 Å². The second kappa shape index (κ2) is 7.31. The van der Waals surface area contributed by atoms with Crippen LogP contribution in [0.25, 0.3) is 0 Å². The quantitative estimate of drug-likeness (QED) is 0.871. The van der Waals surface area contributed by atoms with Crippen molar-refractivity contribution in [2.45, 2.75) is 38.1 Å². The van der Waals surface area contributed by atoms with Gasteiger partial charge in [0.15, 0.2) is 0 Å². The predicted octanol–water partition coefficient (Wildman–Crippen LogP) is 2.34. The molecule has 1 fully saturated rings. The number of alkyl halides is 3. The molecule has 0 saturated carbocycles. The number of likely N-dealkylation sites (tertiary alicyclic amines) is 1. The molecule has 1 aromatic rings. The number of carbonyl (C=O) groups is 1. The maximum atomic E-state index is 12.9. The maximum Gasteiger partial charge on any atom is 0.416 e. The van der Waals surface area contributed by atoms with Crippen LogP contribution in [0, 0.1) is 0 Å². The Morgan fingerprint density at radius 3 is 2.83 bits per heavy atom. The first-order valence-corrected chi connectivity index (χ1v) is 7.67. The number of aliphatic hydroxyl groups is 1. The summed E-state index contributed by atoms with van der Waals surface area (Å²) in [5.41, 5.74) is -0.244. The van der Waals surface area contributed by atoms with Crippen LogP contribution >= 0.6 is 0 Å². The van der Waals surface area contributed by atoms with E-state index in [9.17, 15) is 23.1 Å². The molecule has 1 aliphatic rings. The third-order valence-electron chi connectivity index (χ3n) is 3.90. The molecular formula is C16H21F3N2O2. The summed E-state index contributed by atoms with van der Waals surface area (Å²) in [6.07, 6.45) is -3.92. The molecule has 4 nitrogen and oxygen atoms in total. The number of nitrogens with one attached hydrogen (secondary N) is 1. The molecule has 0 aromatic heterocycles. The Hall–Kier alpha value is -1.60. The minimum atomic E-state index is -4.41. The van der Waals surface area contributed by atoms with Crippen molar-refractivity contribution in [2.24, 2.45) is 0 Å². The van der Waals surface area contributed by atoms with E-state index in [2.05, 4.69) is 5.32 Å². The molecule has 2 N–H and O–H groups in total. The van der Waals surface area contributed by atoms with Crippen LogP contribution in [0.2, 0.25) is 0 Å². The van der Waals surface area contributed by atoms with Gasteiger partial charge in [-0.25, -0.2) is 0 Å². The Morgan fingerprint density at radius 2 is 2.17 bits per heavy atom. The van der Waals surface area contributed by atoms with Crippen LogP contribution in [-0.4, -0.2) is 41.7 Å². The summed E-state index contributed by atoms with van der Waals surface area (Å²) in [5.74, 6) is -0.182. The number of hydrogen-bond donors (Lipinski definition) is 2. The summed E-state index contributed by atoms with van der Waals surface area (Å²) in [6.45, 7) is 2.84. The van der Waals surface area contributed by atoms with E-state index in [0.29, 0.717) is 18.5 Å². The van der Waals surface area contributed by atoms with Gasteiger partial charge in [0, 0.05) is 19.1 Å². The molecule has 1 aromatic carbocycles. The number of amides is 1. The zero-order valence-electron chi connectivity index (χ0n) is 12.9. The zero-order valence-corrected chi connectivity index (χ0v) is 12.9. The SMILES string of the molecule is CCCNC(=O)CN1C[C@@H](O)C[C@@H]1c1cccc(C(F)(F)F)c1. The van der Waals surface area contributed by atoms with Gasteiger partial charge in [0.1, 0.15) is 0 Å². The summed E-state index contributed by atoms with van der Waals surface area (Å²) in [7, 11) is 0. The number of carbonyl (C=O) groups excluding carboxylic acids is 1. The summed E-state index contributed by atoms with van der Waals surface area (Å²) >= 11 is 0. The summed E-state index contributed by atoms with van der Waals surface area (Å²) in [4.78, 5) is 13.6. The Morgan fingerprint density at radius 1 is 1.43 bits per heavy atom. The number of rotatable bonds is 5. The number of benzene rings is 1. The summed E-state index contributed by atoms with van der Waals surface area (Å²) < 4.78 is 38.6. The number of halogens is 3. The predicted molar refractivity (Wildman–Crippen MR) is 79.7 cm³/mol. The van der Waals surface area contributed by atoms with Gasteiger partial charge in [-0.05, 0) is 30.5 Å². The van der Waals surface area contributed by atoms with Crippen molar-refractivity contribution >= 4 is 5.91 Å². The van der Waals surface area contributed by atoms with Gasteiger partial charge in [-0.15, -0.1) is 0 Å². The molecule has 0 bridgehead atoms. The molecule has 1 saturated heterocycles. The number of hydrogen-bond acceptors (Lipinski definition) is 3. The van der Waals surface area contributed by atoms with E-state index in [4.69, 9.17) is 0 Å². The molecule has 1 heterocycles. The second-order valence-electron chi connectivity index (χ2n) is 5.81. The van der Waals surface area contributed by atoms with E-state index in [1.807, 2.05) is 6.92 Å². The largest absolute Gasteiger partial charge is 0.416 e. The van der Waals surface area contributed by atoms with E-state index < -0.39 is 17.8 Å². The van der Waals surface area contributed by atoms with Crippen molar-refractivity contribution < 1.29 is 23.1 Å². The highest BCUT2D eigenvalue weighted by Gasteiger charge is 2.35. The Kier molecular flexibility index (Phi) is 5.64. The van der Waals surface area contributed by atoms with E-state index in [-0.39, 0.29) is 25.0 Å². The Bertz CT molecular complexity index is 548. The van der Waals surface area contributed by atoms with Crippen LogP contribution in [0.5, 0.6) is 0 Å². The zero-order chi connectivity index (χ0) is 17.0. The Balaban J connectivity index is 2.14. The first-order chi connectivity index (χ1) is 10.8. The van der Waals surface area contributed by atoms with Crippen LogP contribution in [0.15, 0.2) is 24.3 Å². The third-order valence-corrected chi connectivity index (χ3v) is 3.90. The van der Waals surface area contributed by atoms with Crippen LogP contribution in [0.3, 0.4) is 0 Å². The molecule has 2 rings (SSSR count). The van der Waals surface area contributed by atoms with Gasteiger partial charge in [0.05, 0.1) is 18.2 Å². The fourth-order valence-electron chi connectivity index (χ4n) is 2.83. The minimum Gasteiger partial charge on any atom is -0.392 e. The first kappa shape index (κ1) is 17.7. The maximum absolute atomic E-state index is 12.9. The molecule has 1 aliphatic heterocycles. The van der Waals surface area contributed by atoms with Gasteiger partial charge >= 0.3 is 6.18 Å². The van der Waals surface area contributed by atoms with E-state index in [1.54, 1.807) is 11.0 Å². The molecule has 0 radical (unpaired) electrons. The second-order valence-corrected chi connectivity index (χ2v) is 5.81. The van der Waals surface area contributed by atoms with Crippen molar-refractivity contribution in [3.05, 3.63) is 35.4 Å². The molecule has 0 aliphatic carbocycles. The summed E-state index contributed by atoms with van der Waals surface area (Å²) in [5, 5.41) is 12.6. The number of aliphatic hydroxyl groups excluding tert-OH is 1. The lowest BCUT2D eigenvalue weighted by molar-refractivity contribution is -0.137. The van der Waals surface area contributed by atoms with Gasteiger partial charge in [-0.3, -0.25) is 9.69 Å². The molecule has 0 unspecified atom stereocenters. The normalized spacial score (nSPS) is 22.3. The number of nitrogens with zero attached hydrogens (tertiary/aromatic N) is 1. The number of β-amino-alcohol motifs (C(OH)–C–C–N with tert-alkyl or cyclic N) is 1. The Labute approximate surface area is 133 Å². The molecule has 7 heteroatoms. The van der Waals surface area contributed by atoms with Gasteiger partial charge in [0.25, 0.3) is 0 Å². The third kappa shape index (κ3) is 4.68. The lowest BCUT2D eigenvalue weighted by Crippen LogP contribution is -2.37. The lowest BCUT2D eigenvalue weighted by Gasteiger charge is -2.24. The summed E-state index contributed by atoms with van der Waals surface area (Å²) in [6, 6.07) is 4.69. The monoisotopic (exact) mass is 330 g/mol. The fraction of sp³-hybridized carbons (Fsp3) is 0.562. The molecule has 128 valence electrons. The van der Waals surface area contributed by atoms with Crippen molar-refractivity contribution in [1.82, 2.24) is 10.2 Å².